The molecule has 17 rings (SSSR count). The number of rotatable bonds is 4. The van der Waals surface area contributed by atoms with Crippen LogP contribution in [0.25, 0.3) is 165 Å². The van der Waals surface area contributed by atoms with Crippen molar-refractivity contribution in [1.29, 1.82) is 0 Å². The Hall–Kier alpha value is -9.38. The summed E-state index contributed by atoms with van der Waals surface area (Å²) in [6, 6.07) is 79.8. The van der Waals surface area contributed by atoms with Gasteiger partial charge in [-0.1, -0.05) is 158 Å². The quantitative estimate of drug-likeness (QED) is 0.176. The second kappa shape index (κ2) is 13.2. The molecule has 17 aromatic rings. The highest BCUT2D eigenvalue weighted by molar-refractivity contribution is 6.45. The van der Waals surface area contributed by atoms with E-state index < -0.39 is 0 Å². The van der Waals surface area contributed by atoms with Crippen LogP contribution in [0.5, 0.6) is 0 Å². The molecule has 70 heavy (non-hydrogen) atoms. The maximum Gasteiger partial charge on any atom is 0.136 e. The summed E-state index contributed by atoms with van der Waals surface area (Å²) in [5.74, 6) is 0. The monoisotopic (exact) mass is 888 g/mol. The van der Waals surface area contributed by atoms with E-state index in [1.54, 1.807) is 0 Å². The van der Waals surface area contributed by atoms with Crippen LogP contribution in [-0.4, -0.2) is 8.80 Å². The Kier molecular flexibility index (Phi) is 6.92. The standard InChI is InChI=1S/C66H36N2O2/c1-3-17-41(43-23-13-29-57-59(43)47-21-7-11-27-55(47)69-57)39(15-1)37-31-33-53-49(35-37)63-61-45-19-5-10-26-52(45)68-54-34-32-38(36-50(54)64(66(61)68)62-46-20-6-9-25-51(46)67(53)65(62)63)40-16-2-4-18-42(40)44-24-14-30-58-60(44)48-22-8-12-28-56(48)70-58/h1-36H. The fourth-order valence-electron chi connectivity index (χ4n) is 12.9. The van der Waals surface area contributed by atoms with Crippen molar-refractivity contribution in [2.24, 2.45) is 0 Å². The highest BCUT2D eigenvalue weighted by Gasteiger charge is 2.29. The van der Waals surface area contributed by atoms with Gasteiger partial charge in [-0.3, -0.25) is 0 Å². The number of aromatic nitrogens is 2. The van der Waals surface area contributed by atoms with Crippen LogP contribution in [0.4, 0.5) is 0 Å². The van der Waals surface area contributed by atoms with Crippen LogP contribution in [0, 0.1) is 0 Å². The van der Waals surface area contributed by atoms with Gasteiger partial charge in [0.2, 0.25) is 0 Å². The molecule has 4 nitrogen and oxygen atoms in total. The van der Waals surface area contributed by atoms with E-state index in [1.165, 1.54) is 121 Å². The lowest BCUT2D eigenvalue weighted by molar-refractivity contribution is 0.668. The van der Waals surface area contributed by atoms with Crippen molar-refractivity contribution in [3.05, 3.63) is 218 Å². The summed E-state index contributed by atoms with van der Waals surface area (Å²) in [5, 5.41) is 14.8. The smallest absolute Gasteiger partial charge is 0.136 e. The van der Waals surface area contributed by atoms with Gasteiger partial charge in [0.1, 0.15) is 22.3 Å². The molecule has 0 fully saturated rings. The second-order valence-corrected chi connectivity index (χ2v) is 19.0. The van der Waals surface area contributed by atoms with Gasteiger partial charge in [-0.2, -0.15) is 0 Å². The zero-order chi connectivity index (χ0) is 45.3. The van der Waals surface area contributed by atoms with E-state index in [0.29, 0.717) is 0 Å². The lowest BCUT2D eigenvalue weighted by Gasteiger charge is -2.12. The topological polar surface area (TPSA) is 35.1 Å². The van der Waals surface area contributed by atoms with Gasteiger partial charge in [0, 0.05) is 64.6 Å². The Balaban J connectivity index is 0.967. The van der Waals surface area contributed by atoms with E-state index in [0.717, 1.165) is 43.9 Å². The largest absolute Gasteiger partial charge is 0.456 e. The Morgan fingerprint density at radius 3 is 1.04 bits per heavy atom. The van der Waals surface area contributed by atoms with E-state index >= 15 is 0 Å². The summed E-state index contributed by atoms with van der Waals surface area (Å²) in [5.41, 5.74) is 20.5. The minimum atomic E-state index is 0.901. The van der Waals surface area contributed by atoms with Crippen LogP contribution in [0.3, 0.4) is 0 Å². The first-order valence-corrected chi connectivity index (χ1v) is 24.1. The summed E-state index contributed by atoms with van der Waals surface area (Å²) in [7, 11) is 0. The van der Waals surface area contributed by atoms with Crippen LogP contribution in [0.2, 0.25) is 0 Å². The summed E-state index contributed by atoms with van der Waals surface area (Å²) >= 11 is 0. The van der Waals surface area contributed by atoms with Crippen molar-refractivity contribution in [3.8, 4) is 44.5 Å². The highest BCUT2D eigenvalue weighted by Crippen LogP contribution is 2.53. The van der Waals surface area contributed by atoms with Crippen LogP contribution in [-0.2, 0) is 0 Å². The second-order valence-electron chi connectivity index (χ2n) is 19.0. The average molecular weight is 889 g/mol. The van der Waals surface area contributed by atoms with Gasteiger partial charge in [-0.25, -0.2) is 0 Å². The molecule has 0 aliphatic rings. The molecule has 4 heteroatoms. The average Bonchev–Trinajstić information content (AvgIpc) is 4.27. The molecule has 0 unspecified atom stereocenters. The molecule has 0 aliphatic carbocycles. The number of para-hydroxylation sites is 4. The molecule has 0 spiro atoms. The third-order valence-electron chi connectivity index (χ3n) is 15.6. The summed E-state index contributed by atoms with van der Waals surface area (Å²) in [6.07, 6.45) is 0. The van der Waals surface area contributed by atoms with Crippen molar-refractivity contribution in [3.63, 3.8) is 0 Å². The van der Waals surface area contributed by atoms with E-state index in [-0.39, 0.29) is 0 Å². The summed E-state index contributed by atoms with van der Waals surface area (Å²) in [4.78, 5) is 0. The molecule has 0 amide bonds. The van der Waals surface area contributed by atoms with Crippen LogP contribution in [0.15, 0.2) is 227 Å². The minimum Gasteiger partial charge on any atom is -0.456 e. The van der Waals surface area contributed by atoms with Crippen molar-refractivity contribution in [2.75, 3.05) is 0 Å². The number of fused-ring (bicyclic) bond motifs is 20. The Morgan fingerprint density at radius 2 is 0.571 bits per heavy atom. The maximum absolute atomic E-state index is 6.40. The van der Waals surface area contributed by atoms with Gasteiger partial charge in [-0.15, -0.1) is 0 Å². The number of nitrogens with zero attached hydrogens (tertiary/aromatic N) is 2. The molecule has 0 saturated heterocycles. The van der Waals surface area contributed by atoms with Crippen molar-refractivity contribution < 1.29 is 8.83 Å². The van der Waals surface area contributed by atoms with Crippen LogP contribution in [0.1, 0.15) is 0 Å². The van der Waals surface area contributed by atoms with Crippen LogP contribution < -0.4 is 0 Å². The van der Waals surface area contributed by atoms with Gasteiger partial charge in [0.15, 0.2) is 0 Å². The van der Waals surface area contributed by atoms with Crippen molar-refractivity contribution >= 4 is 120 Å². The Morgan fingerprint density at radius 1 is 0.229 bits per heavy atom. The van der Waals surface area contributed by atoms with E-state index in [4.69, 9.17) is 8.83 Å². The summed E-state index contributed by atoms with van der Waals surface area (Å²) in [6.45, 7) is 0. The zero-order valence-corrected chi connectivity index (χ0v) is 37.5. The molecule has 6 aromatic heterocycles. The number of furan rings is 2. The normalized spacial score (nSPS) is 12.6. The third-order valence-corrected chi connectivity index (χ3v) is 15.6. The van der Waals surface area contributed by atoms with E-state index in [1.807, 2.05) is 12.1 Å². The predicted octanol–water partition coefficient (Wildman–Crippen LogP) is 18.5. The molecule has 11 aromatic carbocycles. The Bertz CT molecular complexity index is 4760. The molecule has 0 saturated carbocycles. The van der Waals surface area contributed by atoms with Gasteiger partial charge in [0.25, 0.3) is 0 Å². The molecule has 6 heterocycles. The lowest BCUT2D eigenvalue weighted by atomic mass is 9.90. The zero-order valence-electron chi connectivity index (χ0n) is 37.5. The SMILES string of the molecule is c1ccc(-c2cccc3oc4ccccc4c23)c(-c2ccc3c(c2)c2c4c5ccccc5n5c6ccc(-c7ccccc7-c7cccc8oc9ccccc9c78)cc6c(c6c7ccccc7n3c62)c45)c1. The molecular formula is C66H36N2O2. The lowest BCUT2D eigenvalue weighted by Crippen LogP contribution is -1.87. The molecule has 0 bridgehead atoms. The minimum absolute atomic E-state index is 0.901. The Labute approximate surface area is 398 Å². The summed E-state index contributed by atoms with van der Waals surface area (Å²) < 4.78 is 17.9. The third kappa shape index (κ3) is 4.56. The number of benzene rings is 11. The molecule has 0 aliphatic heterocycles. The van der Waals surface area contributed by atoms with E-state index in [2.05, 4.69) is 215 Å². The molecule has 0 radical (unpaired) electrons. The van der Waals surface area contributed by atoms with Crippen molar-refractivity contribution in [2.45, 2.75) is 0 Å². The number of hydrogen-bond acceptors (Lipinski definition) is 2. The van der Waals surface area contributed by atoms with Crippen molar-refractivity contribution in [1.82, 2.24) is 8.80 Å². The first kappa shape index (κ1) is 36.7. The van der Waals surface area contributed by atoms with Gasteiger partial charge in [0.05, 0.1) is 33.1 Å². The maximum atomic E-state index is 6.40. The first-order chi connectivity index (χ1) is 34.8. The molecule has 0 atom stereocenters. The van der Waals surface area contributed by atoms with E-state index in [9.17, 15) is 0 Å². The number of hydrogen-bond donors (Lipinski definition) is 0. The fourth-order valence-corrected chi connectivity index (χ4v) is 12.9. The first-order valence-electron chi connectivity index (χ1n) is 24.1. The molecule has 0 N–H and O–H groups in total. The molecule has 322 valence electrons. The highest BCUT2D eigenvalue weighted by atomic mass is 16.3. The fraction of sp³-hybridized carbons (Fsp3) is 0. The van der Waals surface area contributed by atoms with Gasteiger partial charge < -0.3 is 17.6 Å². The molecular weight excluding hydrogens is 853 g/mol. The van der Waals surface area contributed by atoms with Crippen LogP contribution >= 0.6 is 0 Å². The predicted molar refractivity (Wildman–Crippen MR) is 292 cm³/mol. The van der Waals surface area contributed by atoms with Gasteiger partial charge in [-0.05, 0) is 105 Å². The van der Waals surface area contributed by atoms with Gasteiger partial charge >= 0.3 is 0 Å².